The van der Waals surface area contributed by atoms with Crippen molar-refractivity contribution >= 4 is 17.4 Å². The van der Waals surface area contributed by atoms with E-state index in [0.717, 1.165) is 17.6 Å². The molecule has 0 fully saturated rings. The maximum absolute atomic E-state index is 11.8. The summed E-state index contributed by atoms with van der Waals surface area (Å²) in [6, 6.07) is 5.35. The molecule has 0 aliphatic heterocycles. The van der Waals surface area contributed by atoms with Gasteiger partial charge in [-0.15, -0.1) is 0 Å². The van der Waals surface area contributed by atoms with Crippen LogP contribution in [0.5, 0.6) is 0 Å². The van der Waals surface area contributed by atoms with Crippen molar-refractivity contribution in [3.8, 4) is 0 Å². The molecule has 80 valence electrons. The van der Waals surface area contributed by atoms with Crippen molar-refractivity contribution in [1.82, 2.24) is 0 Å². The van der Waals surface area contributed by atoms with Crippen LogP contribution >= 0.6 is 11.6 Å². The lowest BCUT2D eigenvalue weighted by molar-refractivity contribution is 0.0992. The zero-order valence-electron chi connectivity index (χ0n) is 9.14. The Balaban J connectivity index is 2.83. The first-order chi connectivity index (χ1) is 7.04. The third kappa shape index (κ3) is 3.21. The lowest BCUT2D eigenvalue weighted by atomic mass is 10.0. The van der Waals surface area contributed by atoms with E-state index in [1.165, 1.54) is 0 Å². The van der Waals surface area contributed by atoms with Gasteiger partial charge in [-0.3, -0.25) is 4.79 Å². The quantitative estimate of drug-likeness (QED) is 0.552. The molecule has 0 amide bonds. The van der Waals surface area contributed by atoms with Gasteiger partial charge in [-0.2, -0.15) is 0 Å². The van der Waals surface area contributed by atoms with Crippen LogP contribution in [0.4, 0.5) is 0 Å². The van der Waals surface area contributed by atoms with Crippen LogP contribution in [0.15, 0.2) is 30.4 Å². The number of benzene rings is 1. The Bertz CT molecular complexity index is 394. The normalized spacial score (nSPS) is 10.1. The first kappa shape index (κ1) is 12.0. The summed E-state index contributed by atoms with van der Waals surface area (Å²) in [6.45, 7) is 7.73. The average molecular weight is 223 g/mol. The van der Waals surface area contributed by atoms with Crippen molar-refractivity contribution in [3.63, 3.8) is 0 Å². The number of Topliss-reactive ketones (excluding diaryl/α,β-unsaturated/α-hetero) is 1. The molecular formula is C13H15ClO. The third-order valence-electron chi connectivity index (χ3n) is 2.39. The minimum atomic E-state index is 0.113. The van der Waals surface area contributed by atoms with E-state index in [1.54, 1.807) is 12.1 Å². The van der Waals surface area contributed by atoms with Crippen LogP contribution in [-0.4, -0.2) is 5.78 Å². The molecule has 0 aliphatic carbocycles. The molecule has 0 N–H and O–H groups in total. The molecule has 0 heterocycles. The molecule has 0 saturated heterocycles. The van der Waals surface area contributed by atoms with Crippen LogP contribution in [0.25, 0.3) is 0 Å². The Kier molecular flexibility index (Phi) is 4.10. The van der Waals surface area contributed by atoms with Gasteiger partial charge in [0.15, 0.2) is 5.78 Å². The number of allylic oxidation sites excluding steroid dienone is 1. The number of rotatable bonds is 4. The summed E-state index contributed by atoms with van der Waals surface area (Å²) in [7, 11) is 0. The second-order valence-electron chi connectivity index (χ2n) is 3.67. The summed E-state index contributed by atoms with van der Waals surface area (Å²) in [5, 5.41) is 0.695. The average Bonchev–Trinajstić information content (AvgIpc) is 2.21. The van der Waals surface area contributed by atoms with E-state index in [-0.39, 0.29) is 5.78 Å². The Morgan fingerprint density at radius 1 is 1.47 bits per heavy atom. The molecule has 1 rings (SSSR count). The van der Waals surface area contributed by atoms with Crippen molar-refractivity contribution in [2.75, 3.05) is 0 Å². The summed E-state index contributed by atoms with van der Waals surface area (Å²) in [5.74, 6) is 0.113. The zero-order valence-corrected chi connectivity index (χ0v) is 9.90. The molecule has 1 aromatic rings. The van der Waals surface area contributed by atoms with Crippen LogP contribution in [0.2, 0.25) is 5.02 Å². The van der Waals surface area contributed by atoms with Crippen molar-refractivity contribution in [2.45, 2.75) is 26.7 Å². The van der Waals surface area contributed by atoms with Crippen LogP contribution < -0.4 is 0 Å². The fraction of sp³-hybridized carbons (Fsp3) is 0.308. The molecule has 1 nitrogen and oxygen atoms in total. The summed E-state index contributed by atoms with van der Waals surface area (Å²) >= 11 is 5.89. The van der Waals surface area contributed by atoms with Gasteiger partial charge >= 0.3 is 0 Å². The van der Waals surface area contributed by atoms with Gasteiger partial charge in [0.05, 0.1) is 0 Å². The molecule has 15 heavy (non-hydrogen) atoms. The summed E-state index contributed by atoms with van der Waals surface area (Å²) in [5.41, 5.74) is 2.61. The molecular weight excluding hydrogens is 208 g/mol. The van der Waals surface area contributed by atoms with E-state index in [1.807, 2.05) is 19.9 Å². The van der Waals surface area contributed by atoms with Crippen LogP contribution in [-0.2, 0) is 0 Å². The topological polar surface area (TPSA) is 17.1 Å². The highest BCUT2D eigenvalue weighted by atomic mass is 35.5. The van der Waals surface area contributed by atoms with Gasteiger partial charge in [0.2, 0.25) is 0 Å². The van der Waals surface area contributed by atoms with E-state index < -0.39 is 0 Å². The molecule has 0 spiro atoms. The Morgan fingerprint density at radius 3 is 2.67 bits per heavy atom. The fourth-order valence-corrected chi connectivity index (χ4v) is 1.39. The molecule has 0 saturated carbocycles. The maximum Gasteiger partial charge on any atom is 0.166 e. The van der Waals surface area contributed by atoms with E-state index >= 15 is 0 Å². The van der Waals surface area contributed by atoms with E-state index in [2.05, 4.69) is 6.58 Å². The third-order valence-corrected chi connectivity index (χ3v) is 2.81. The second-order valence-corrected chi connectivity index (χ2v) is 4.07. The predicted octanol–water partition coefficient (Wildman–Crippen LogP) is 4.19. The monoisotopic (exact) mass is 222 g/mol. The molecule has 0 radical (unpaired) electrons. The Hall–Kier alpha value is -1.08. The fourth-order valence-electron chi connectivity index (χ4n) is 1.27. The largest absolute Gasteiger partial charge is 0.294 e. The maximum atomic E-state index is 11.8. The predicted molar refractivity (Wildman–Crippen MR) is 64.6 cm³/mol. The molecule has 1 aromatic carbocycles. The molecule has 0 unspecified atom stereocenters. The number of hydrogen-bond donors (Lipinski definition) is 0. The molecule has 0 bridgehead atoms. The number of aryl methyl sites for hydroxylation is 1. The first-order valence-corrected chi connectivity index (χ1v) is 5.38. The van der Waals surface area contributed by atoms with Gasteiger partial charge in [-0.1, -0.05) is 30.7 Å². The molecule has 0 aliphatic rings. The first-order valence-electron chi connectivity index (χ1n) is 5.00. The number of hydrogen-bond acceptors (Lipinski definition) is 1. The van der Waals surface area contributed by atoms with Gasteiger partial charge in [-0.25, -0.2) is 0 Å². The molecule has 0 aromatic heterocycles. The van der Waals surface area contributed by atoms with Gasteiger partial charge in [0.1, 0.15) is 0 Å². The van der Waals surface area contributed by atoms with Crippen LogP contribution in [0.3, 0.4) is 0 Å². The highest BCUT2D eigenvalue weighted by Crippen LogP contribution is 2.18. The summed E-state index contributed by atoms with van der Waals surface area (Å²) < 4.78 is 0. The lowest BCUT2D eigenvalue weighted by Gasteiger charge is -2.04. The number of carbonyl (C=O) groups excluding carboxylic acids is 1. The second kappa shape index (κ2) is 5.13. The highest BCUT2D eigenvalue weighted by Gasteiger charge is 2.08. The van der Waals surface area contributed by atoms with Crippen molar-refractivity contribution < 1.29 is 4.79 Å². The smallest absolute Gasteiger partial charge is 0.166 e. The minimum Gasteiger partial charge on any atom is -0.294 e. The van der Waals surface area contributed by atoms with E-state index in [9.17, 15) is 4.79 Å². The van der Waals surface area contributed by atoms with Gasteiger partial charge in [0.25, 0.3) is 0 Å². The molecule has 0 atom stereocenters. The van der Waals surface area contributed by atoms with Crippen LogP contribution in [0.1, 0.15) is 35.7 Å². The standard InChI is InChI=1S/C13H15ClO/c1-4-9(2)7-13(15)11-5-6-12(14)10(3)8-11/h5-6,8H,2,4,7H2,1,3H3. The minimum absolute atomic E-state index is 0.113. The number of ketones is 1. The Morgan fingerprint density at radius 2 is 2.13 bits per heavy atom. The van der Waals surface area contributed by atoms with Crippen molar-refractivity contribution in [3.05, 3.63) is 46.5 Å². The van der Waals surface area contributed by atoms with Gasteiger partial charge < -0.3 is 0 Å². The highest BCUT2D eigenvalue weighted by molar-refractivity contribution is 6.31. The SMILES string of the molecule is C=C(CC)CC(=O)c1ccc(Cl)c(C)c1. The van der Waals surface area contributed by atoms with Gasteiger partial charge in [-0.05, 0) is 37.1 Å². The molecule has 2 heteroatoms. The van der Waals surface area contributed by atoms with Crippen molar-refractivity contribution in [2.24, 2.45) is 0 Å². The summed E-state index contributed by atoms with van der Waals surface area (Å²) in [4.78, 5) is 11.8. The van der Waals surface area contributed by atoms with E-state index in [0.29, 0.717) is 17.0 Å². The number of halogens is 1. The van der Waals surface area contributed by atoms with Crippen LogP contribution in [0, 0.1) is 6.92 Å². The van der Waals surface area contributed by atoms with E-state index in [4.69, 9.17) is 11.6 Å². The Labute approximate surface area is 95.8 Å². The van der Waals surface area contributed by atoms with Crippen molar-refractivity contribution in [1.29, 1.82) is 0 Å². The summed E-state index contributed by atoms with van der Waals surface area (Å²) in [6.07, 6.45) is 1.27. The number of carbonyl (C=O) groups is 1. The zero-order chi connectivity index (χ0) is 11.4. The lowest BCUT2D eigenvalue weighted by Crippen LogP contribution is -2.00. The van der Waals surface area contributed by atoms with Gasteiger partial charge in [0, 0.05) is 17.0 Å².